The zero-order valence-corrected chi connectivity index (χ0v) is 13.7. The summed E-state index contributed by atoms with van der Waals surface area (Å²) in [6.45, 7) is 12.1. The third kappa shape index (κ3) is 5.08. The van der Waals surface area contributed by atoms with Crippen molar-refractivity contribution in [1.29, 1.82) is 0 Å². The minimum Gasteiger partial charge on any atom is -0.311 e. The quantitative estimate of drug-likeness (QED) is 0.816. The molecule has 112 valence electrons. The van der Waals surface area contributed by atoms with Gasteiger partial charge in [-0.15, -0.1) is 0 Å². The Labute approximate surface area is 127 Å². The van der Waals surface area contributed by atoms with Crippen molar-refractivity contribution in [3.63, 3.8) is 0 Å². The molecule has 1 aliphatic heterocycles. The van der Waals surface area contributed by atoms with Crippen molar-refractivity contribution >= 4 is 11.8 Å². The van der Waals surface area contributed by atoms with Gasteiger partial charge in [-0.3, -0.25) is 9.88 Å². The summed E-state index contributed by atoms with van der Waals surface area (Å²) >= 11 is 2.10. The van der Waals surface area contributed by atoms with Crippen LogP contribution < -0.4 is 5.32 Å². The molecule has 0 spiro atoms. The van der Waals surface area contributed by atoms with Crippen LogP contribution in [0.15, 0.2) is 18.2 Å². The lowest BCUT2D eigenvalue weighted by Crippen LogP contribution is -2.39. The van der Waals surface area contributed by atoms with Crippen LogP contribution in [-0.4, -0.2) is 40.0 Å². The largest absolute Gasteiger partial charge is 0.311 e. The maximum Gasteiger partial charge on any atom is 0.0547 e. The number of hydrogen-bond acceptors (Lipinski definition) is 4. The Morgan fingerprint density at radius 3 is 2.65 bits per heavy atom. The summed E-state index contributed by atoms with van der Waals surface area (Å²) < 4.78 is 0. The molecule has 1 N–H and O–H groups in total. The Morgan fingerprint density at radius 2 is 1.95 bits per heavy atom. The van der Waals surface area contributed by atoms with E-state index in [4.69, 9.17) is 4.98 Å². The summed E-state index contributed by atoms with van der Waals surface area (Å²) in [7, 11) is 0. The molecule has 1 aromatic heterocycles. The highest BCUT2D eigenvalue weighted by atomic mass is 32.2. The van der Waals surface area contributed by atoms with E-state index in [0.29, 0.717) is 0 Å². The van der Waals surface area contributed by atoms with Crippen molar-refractivity contribution < 1.29 is 0 Å². The van der Waals surface area contributed by atoms with Crippen LogP contribution in [0.3, 0.4) is 0 Å². The van der Waals surface area contributed by atoms with Crippen LogP contribution >= 0.6 is 11.8 Å². The first-order valence-corrected chi connectivity index (χ1v) is 8.65. The molecule has 2 unspecified atom stereocenters. The Hall–Kier alpha value is -0.580. The average Bonchev–Trinajstić information content (AvgIpc) is 2.38. The van der Waals surface area contributed by atoms with Crippen molar-refractivity contribution in [2.24, 2.45) is 0 Å². The van der Waals surface area contributed by atoms with Crippen molar-refractivity contribution in [2.75, 3.05) is 19.6 Å². The second-order valence-electron chi connectivity index (χ2n) is 5.75. The summed E-state index contributed by atoms with van der Waals surface area (Å²) in [6.07, 6.45) is 1.17. The van der Waals surface area contributed by atoms with Crippen molar-refractivity contribution in [1.82, 2.24) is 15.2 Å². The van der Waals surface area contributed by atoms with Gasteiger partial charge in [0.25, 0.3) is 0 Å². The lowest BCUT2D eigenvalue weighted by atomic mass is 10.2. The number of rotatable bonds is 6. The monoisotopic (exact) mass is 293 g/mol. The van der Waals surface area contributed by atoms with Crippen molar-refractivity contribution in [3.8, 4) is 0 Å². The van der Waals surface area contributed by atoms with Crippen LogP contribution in [0.1, 0.15) is 38.6 Å². The van der Waals surface area contributed by atoms with Crippen molar-refractivity contribution in [3.05, 3.63) is 29.6 Å². The Kier molecular flexibility index (Phi) is 6.33. The Balaban J connectivity index is 1.90. The molecule has 2 atom stereocenters. The van der Waals surface area contributed by atoms with E-state index in [1.54, 1.807) is 0 Å². The summed E-state index contributed by atoms with van der Waals surface area (Å²) in [6, 6.07) is 6.40. The number of nitrogens with zero attached hydrogens (tertiary/aromatic N) is 2. The van der Waals surface area contributed by atoms with E-state index in [1.807, 2.05) is 0 Å². The highest BCUT2D eigenvalue weighted by molar-refractivity contribution is 8.00. The van der Waals surface area contributed by atoms with Crippen LogP contribution in [0, 0.1) is 0 Å². The standard InChI is InChI=1S/C16H27N3S/c1-4-8-17-9-15-6-5-7-16(18-15)12-19-10-13(2)20-14(3)11-19/h5-7,13-14,17H,4,8-12H2,1-3H3. The second kappa shape index (κ2) is 8.01. The molecule has 0 aliphatic carbocycles. The molecule has 1 fully saturated rings. The lowest BCUT2D eigenvalue weighted by molar-refractivity contribution is 0.259. The molecule has 1 aromatic rings. The third-order valence-corrected chi connectivity index (χ3v) is 4.71. The molecule has 2 rings (SSSR count). The number of pyridine rings is 1. The molecule has 3 nitrogen and oxygen atoms in total. The molecule has 2 heterocycles. The fourth-order valence-electron chi connectivity index (χ4n) is 2.75. The summed E-state index contributed by atoms with van der Waals surface area (Å²) in [4.78, 5) is 7.32. The zero-order valence-electron chi connectivity index (χ0n) is 12.9. The van der Waals surface area contributed by atoms with Gasteiger partial charge >= 0.3 is 0 Å². The molecular weight excluding hydrogens is 266 g/mol. The van der Waals surface area contributed by atoms with Crippen LogP contribution in [0.4, 0.5) is 0 Å². The molecule has 0 amide bonds. The minimum atomic E-state index is 0.730. The van der Waals surface area contributed by atoms with Gasteiger partial charge in [0.2, 0.25) is 0 Å². The van der Waals surface area contributed by atoms with Gasteiger partial charge in [0.1, 0.15) is 0 Å². The fourth-order valence-corrected chi connectivity index (χ4v) is 4.14. The summed E-state index contributed by atoms with van der Waals surface area (Å²) in [5, 5.41) is 4.88. The zero-order chi connectivity index (χ0) is 14.4. The van der Waals surface area contributed by atoms with Crippen molar-refractivity contribution in [2.45, 2.75) is 50.8 Å². The average molecular weight is 293 g/mol. The second-order valence-corrected chi connectivity index (χ2v) is 7.63. The van der Waals surface area contributed by atoms with Gasteiger partial charge in [0.15, 0.2) is 0 Å². The highest BCUT2D eigenvalue weighted by Crippen LogP contribution is 2.25. The number of hydrogen-bond donors (Lipinski definition) is 1. The first-order chi connectivity index (χ1) is 9.67. The smallest absolute Gasteiger partial charge is 0.0547 e. The van der Waals surface area contributed by atoms with E-state index in [0.717, 1.165) is 35.8 Å². The highest BCUT2D eigenvalue weighted by Gasteiger charge is 2.22. The molecule has 1 saturated heterocycles. The number of thioether (sulfide) groups is 1. The maximum atomic E-state index is 4.78. The van der Waals surface area contributed by atoms with Gasteiger partial charge in [0, 0.05) is 36.7 Å². The van der Waals surface area contributed by atoms with E-state index in [9.17, 15) is 0 Å². The molecule has 4 heteroatoms. The van der Waals surface area contributed by atoms with Gasteiger partial charge in [-0.05, 0) is 25.1 Å². The minimum absolute atomic E-state index is 0.730. The van der Waals surface area contributed by atoms with Crippen LogP contribution in [0.25, 0.3) is 0 Å². The van der Waals surface area contributed by atoms with Crippen LogP contribution in [0.5, 0.6) is 0 Å². The summed E-state index contributed by atoms with van der Waals surface area (Å²) in [5.74, 6) is 0. The van der Waals surface area contributed by atoms with Gasteiger partial charge in [-0.1, -0.05) is 26.8 Å². The molecule has 0 radical (unpaired) electrons. The first-order valence-electron chi connectivity index (χ1n) is 7.70. The van der Waals surface area contributed by atoms with Crippen LogP contribution in [0.2, 0.25) is 0 Å². The number of aromatic nitrogens is 1. The first kappa shape index (κ1) is 15.8. The number of nitrogens with one attached hydrogen (secondary N) is 1. The predicted octanol–water partition coefficient (Wildman–Crippen LogP) is 2.91. The molecular formula is C16H27N3S. The van der Waals surface area contributed by atoms with Gasteiger partial charge in [-0.25, -0.2) is 0 Å². The molecule has 1 aliphatic rings. The normalized spacial score (nSPS) is 23.9. The van der Waals surface area contributed by atoms with Gasteiger partial charge < -0.3 is 5.32 Å². The SMILES string of the molecule is CCCNCc1cccc(CN2CC(C)SC(C)C2)n1. The van der Waals surface area contributed by atoms with E-state index < -0.39 is 0 Å². The molecule has 0 aromatic carbocycles. The van der Waals surface area contributed by atoms with E-state index in [-0.39, 0.29) is 0 Å². The van der Waals surface area contributed by atoms with Crippen LogP contribution in [-0.2, 0) is 13.1 Å². The lowest BCUT2D eigenvalue weighted by Gasteiger charge is -2.34. The Bertz CT molecular complexity index is 400. The van der Waals surface area contributed by atoms with E-state index in [1.165, 1.54) is 25.2 Å². The van der Waals surface area contributed by atoms with E-state index in [2.05, 4.69) is 60.9 Å². The predicted molar refractivity (Wildman–Crippen MR) is 88.0 cm³/mol. The molecule has 0 saturated carbocycles. The van der Waals surface area contributed by atoms with Gasteiger partial charge in [-0.2, -0.15) is 11.8 Å². The molecule has 20 heavy (non-hydrogen) atoms. The molecule has 0 bridgehead atoms. The topological polar surface area (TPSA) is 28.2 Å². The maximum absolute atomic E-state index is 4.78. The Morgan fingerprint density at radius 1 is 1.25 bits per heavy atom. The summed E-state index contributed by atoms with van der Waals surface area (Å²) in [5.41, 5.74) is 2.36. The van der Waals surface area contributed by atoms with E-state index >= 15 is 0 Å². The van der Waals surface area contributed by atoms with Gasteiger partial charge in [0.05, 0.1) is 11.4 Å². The third-order valence-electron chi connectivity index (χ3n) is 3.48. The fraction of sp³-hybridized carbons (Fsp3) is 0.688.